The van der Waals surface area contributed by atoms with Crippen molar-refractivity contribution in [3.8, 4) is 22.8 Å². The van der Waals surface area contributed by atoms with Crippen molar-refractivity contribution in [3.63, 3.8) is 0 Å². The average molecular weight is 379 g/mol. The molecule has 0 radical (unpaired) electrons. The third-order valence-electron chi connectivity index (χ3n) is 5.10. The zero-order valence-corrected chi connectivity index (χ0v) is 15.7. The van der Waals surface area contributed by atoms with E-state index >= 15 is 0 Å². The van der Waals surface area contributed by atoms with E-state index in [1.165, 1.54) is 12.3 Å². The monoisotopic (exact) mass is 379 g/mol. The van der Waals surface area contributed by atoms with Crippen LogP contribution in [0.2, 0.25) is 0 Å². The summed E-state index contributed by atoms with van der Waals surface area (Å²) >= 11 is 0. The Bertz CT molecular complexity index is 985. The van der Waals surface area contributed by atoms with Crippen molar-refractivity contribution in [2.45, 2.75) is 6.42 Å². The molecule has 1 aliphatic rings. The zero-order valence-electron chi connectivity index (χ0n) is 15.7. The van der Waals surface area contributed by atoms with Gasteiger partial charge in [0.15, 0.2) is 5.76 Å². The van der Waals surface area contributed by atoms with Crippen LogP contribution in [0.3, 0.4) is 0 Å². The number of aromatic nitrogens is 1. The lowest BCUT2D eigenvalue weighted by molar-refractivity contribution is 0.0787. The lowest BCUT2D eigenvalue weighted by Crippen LogP contribution is -2.30. The van der Waals surface area contributed by atoms with Crippen LogP contribution in [0.15, 0.2) is 59.1 Å². The molecule has 1 N–H and O–H groups in total. The molecule has 2 heterocycles. The van der Waals surface area contributed by atoms with E-state index in [4.69, 9.17) is 4.42 Å². The van der Waals surface area contributed by atoms with E-state index in [2.05, 4.69) is 10.3 Å². The largest absolute Gasteiger partial charge is 0.436 e. The third kappa shape index (κ3) is 3.55. The number of likely N-dealkylation sites (tertiary alicyclic amines) is 1. The fourth-order valence-electron chi connectivity index (χ4n) is 3.68. The Morgan fingerprint density at radius 1 is 1.21 bits per heavy atom. The van der Waals surface area contributed by atoms with E-state index in [9.17, 15) is 9.18 Å². The summed E-state index contributed by atoms with van der Waals surface area (Å²) in [6, 6.07) is 13.7. The number of benzene rings is 2. The Labute approximate surface area is 163 Å². The van der Waals surface area contributed by atoms with Crippen LogP contribution in [0.1, 0.15) is 16.8 Å². The van der Waals surface area contributed by atoms with Gasteiger partial charge in [-0.15, -0.1) is 0 Å². The first-order chi connectivity index (χ1) is 13.7. The minimum Gasteiger partial charge on any atom is -0.436 e. The lowest BCUT2D eigenvalue weighted by Gasteiger charge is -2.18. The number of nitrogens with one attached hydrogen (secondary N) is 1. The van der Waals surface area contributed by atoms with Crippen molar-refractivity contribution in [2.75, 3.05) is 26.7 Å². The second-order valence-electron chi connectivity index (χ2n) is 7.02. The van der Waals surface area contributed by atoms with Gasteiger partial charge in [-0.3, -0.25) is 4.79 Å². The van der Waals surface area contributed by atoms with Crippen LogP contribution in [0.25, 0.3) is 22.8 Å². The van der Waals surface area contributed by atoms with E-state index in [0.29, 0.717) is 34.3 Å². The molecule has 4 rings (SSSR count). The molecule has 6 heteroatoms. The number of amides is 1. The summed E-state index contributed by atoms with van der Waals surface area (Å²) in [5.74, 6) is 0.719. The number of nitrogens with zero attached hydrogens (tertiary/aromatic N) is 2. The molecule has 144 valence electrons. The highest BCUT2D eigenvalue weighted by molar-refractivity contribution is 6.00. The second-order valence-corrected chi connectivity index (χ2v) is 7.02. The van der Waals surface area contributed by atoms with E-state index in [1.54, 1.807) is 24.3 Å². The molecule has 0 aliphatic carbocycles. The predicted octanol–water partition coefficient (Wildman–Crippen LogP) is 3.83. The molecule has 28 heavy (non-hydrogen) atoms. The van der Waals surface area contributed by atoms with Crippen molar-refractivity contribution in [2.24, 2.45) is 5.92 Å². The van der Waals surface area contributed by atoms with Crippen LogP contribution in [-0.4, -0.2) is 42.5 Å². The van der Waals surface area contributed by atoms with Gasteiger partial charge >= 0.3 is 0 Å². The summed E-state index contributed by atoms with van der Waals surface area (Å²) in [4.78, 5) is 19.3. The van der Waals surface area contributed by atoms with Gasteiger partial charge in [0.05, 0.1) is 17.3 Å². The van der Waals surface area contributed by atoms with Gasteiger partial charge in [-0.25, -0.2) is 9.37 Å². The molecule has 5 nitrogen and oxygen atoms in total. The number of hydrogen-bond acceptors (Lipinski definition) is 4. The van der Waals surface area contributed by atoms with Gasteiger partial charge in [0.1, 0.15) is 5.82 Å². The highest BCUT2D eigenvalue weighted by Gasteiger charge is 2.28. The molecule has 0 spiro atoms. The van der Waals surface area contributed by atoms with E-state index in [0.717, 1.165) is 26.1 Å². The maximum Gasteiger partial charge on any atom is 0.254 e. The molecule has 1 aliphatic heterocycles. The molecule has 1 aromatic heterocycles. The number of rotatable bonds is 5. The summed E-state index contributed by atoms with van der Waals surface area (Å²) < 4.78 is 19.9. The summed E-state index contributed by atoms with van der Waals surface area (Å²) in [5.41, 5.74) is 1.52. The Kier molecular flexibility index (Phi) is 5.21. The van der Waals surface area contributed by atoms with Crippen molar-refractivity contribution in [1.29, 1.82) is 0 Å². The van der Waals surface area contributed by atoms with E-state index in [1.807, 2.05) is 30.1 Å². The summed E-state index contributed by atoms with van der Waals surface area (Å²) in [6.07, 6.45) is 2.49. The van der Waals surface area contributed by atoms with E-state index in [-0.39, 0.29) is 11.7 Å². The van der Waals surface area contributed by atoms with Crippen LogP contribution < -0.4 is 5.32 Å². The molecule has 1 atom stereocenters. The molecule has 0 saturated carbocycles. The van der Waals surface area contributed by atoms with Crippen LogP contribution in [0.5, 0.6) is 0 Å². The second kappa shape index (κ2) is 7.94. The fourth-order valence-corrected chi connectivity index (χ4v) is 3.68. The number of hydrogen-bond donors (Lipinski definition) is 1. The summed E-state index contributed by atoms with van der Waals surface area (Å²) in [6.45, 7) is 2.38. The quantitative estimate of drug-likeness (QED) is 0.732. The van der Waals surface area contributed by atoms with Gasteiger partial charge in [-0.2, -0.15) is 0 Å². The Morgan fingerprint density at radius 3 is 2.75 bits per heavy atom. The maximum absolute atomic E-state index is 14.0. The highest BCUT2D eigenvalue weighted by atomic mass is 19.1. The molecule has 3 aromatic rings. The number of carbonyl (C=O) groups is 1. The standard InChI is InChI=1S/C22H22FN3O2/c1-24-12-15-10-11-26(14-15)22(27)17-7-3-2-6-16(17)21-25-13-20(28-21)18-8-4-5-9-19(18)23/h2-9,13,15,24H,10-12,14H2,1H3/t15-/m1/s1. The van der Waals surface area contributed by atoms with Gasteiger partial charge in [-0.05, 0) is 50.2 Å². The summed E-state index contributed by atoms with van der Waals surface area (Å²) in [7, 11) is 1.93. The molecule has 1 fully saturated rings. The first kappa shape index (κ1) is 18.4. The first-order valence-corrected chi connectivity index (χ1v) is 9.41. The van der Waals surface area contributed by atoms with Crippen molar-refractivity contribution in [1.82, 2.24) is 15.2 Å². The average Bonchev–Trinajstić information content (AvgIpc) is 3.38. The molecule has 1 saturated heterocycles. The lowest BCUT2D eigenvalue weighted by atomic mass is 10.1. The minimum absolute atomic E-state index is 0.0279. The smallest absolute Gasteiger partial charge is 0.254 e. The maximum atomic E-state index is 14.0. The Balaban J connectivity index is 1.62. The van der Waals surface area contributed by atoms with Gasteiger partial charge in [0.25, 0.3) is 5.91 Å². The van der Waals surface area contributed by atoms with Crippen molar-refractivity contribution >= 4 is 5.91 Å². The molecule has 2 aromatic carbocycles. The topological polar surface area (TPSA) is 58.4 Å². The van der Waals surface area contributed by atoms with Crippen LogP contribution >= 0.6 is 0 Å². The Hall–Kier alpha value is -2.99. The number of halogens is 1. The van der Waals surface area contributed by atoms with Crippen LogP contribution in [0, 0.1) is 11.7 Å². The molecular weight excluding hydrogens is 357 g/mol. The van der Waals surface area contributed by atoms with Gasteiger partial charge < -0.3 is 14.6 Å². The molecular formula is C22H22FN3O2. The van der Waals surface area contributed by atoms with Crippen molar-refractivity contribution in [3.05, 3.63) is 66.1 Å². The van der Waals surface area contributed by atoms with Gasteiger partial charge in [0.2, 0.25) is 5.89 Å². The van der Waals surface area contributed by atoms with Gasteiger partial charge in [-0.1, -0.05) is 24.3 Å². The minimum atomic E-state index is -0.373. The molecule has 0 bridgehead atoms. The van der Waals surface area contributed by atoms with Crippen LogP contribution in [0.4, 0.5) is 4.39 Å². The molecule has 1 amide bonds. The zero-order chi connectivity index (χ0) is 19.5. The number of carbonyl (C=O) groups excluding carboxylic acids is 1. The highest BCUT2D eigenvalue weighted by Crippen LogP contribution is 2.30. The normalized spacial score (nSPS) is 16.5. The predicted molar refractivity (Wildman–Crippen MR) is 105 cm³/mol. The van der Waals surface area contributed by atoms with Gasteiger partial charge in [0, 0.05) is 18.7 Å². The summed E-state index contributed by atoms with van der Waals surface area (Å²) in [5, 5.41) is 3.18. The third-order valence-corrected chi connectivity index (χ3v) is 5.10. The SMILES string of the molecule is CNC[C@H]1CCN(C(=O)c2ccccc2-c2ncc(-c3ccccc3F)o2)C1. The first-order valence-electron chi connectivity index (χ1n) is 9.41. The number of oxazole rings is 1. The Morgan fingerprint density at radius 2 is 1.96 bits per heavy atom. The molecule has 0 unspecified atom stereocenters. The van der Waals surface area contributed by atoms with E-state index < -0.39 is 0 Å². The van der Waals surface area contributed by atoms with Crippen LogP contribution in [-0.2, 0) is 0 Å². The van der Waals surface area contributed by atoms with Crippen molar-refractivity contribution < 1.29 is 13.6 Å². The fraction of sp³-hybridized carbons (Fsp3) is 0.273.